The molecule has 0 aliphatic heterocycles. The van der Waals surface area contributed by atoms with Gasteiger partial charge in [0.05, 0.1) is 12.7 Å². The van der Waals surface area contributed by atoms with E-state index in [1.165, 1.54) is 37.7 Å². The van der Waals surface area contributed by atoms with E-state index in [-0.39, 0.29) is 12.6 Å². The van der Waals surface area contributed by atoms with Crippen LogP contribution in [-0.4, -0.2) is 23.9 Å². The minimum atomic E-state index is -0.0797. The fourth-order valence-electron chi connectivity index (χ4n) is 2.77. The second-order valence-electron chi connectivity index (χ2n) is 5.86. The summed E-state index contributed by atoms with van der Waals surface area (Å²) >= 11 is 0. The van der Waals surface area contributed by atoms with Crippen molar-refractivity contribution in [3.8, 4) is 5.75 Å². The Balaban J connectivity index is 1.74. The van der Waals surface area contributed by atoms with Crippen LogP contribution in [0.2, 0.25) is 0 Å². The number of rotatable bonds is 7. The number of nitrogens with two attached hydrogens (primary N) is 1. The van der Waals surface area contributed by atoms with E-state index < -0.39 is 0 Å². The van der Waals surface area contributed by atoms with Crippen molar-refractivity contribution in [2.75, 3.05) is 6.61 Å². The fraction of sp³-hybridized carbons (Fsp3) is 0.647. The van der Waals surface area contributed by atoms with Gasteiger partial charge in [-0.05, 0) is 62.6 Å². The van der Waals surface area contributed by atoms with Gasteiger partial charge in [0.25, 0.3) is 0 Å². The smallest absolute Gasteiger partial charge is 0.119 e. The minimum absolute atomic E-state index is 0.0775. The van der Waals surface area contributed by atoms with Crippen LogP contribution < -0.4 is 10.5 Å². The Morgan fingerprint density at radius 3 is 2.50 bits per heavy atom. The molecular formula is C17H27NO2. The largest absolute Gasteiger partial charge is 0.490 e. The normalized spacial score (nSPS) is 17.9. The molecule has 0 radical (unpaired) electrons. The summed E-state index contributed by atoms with van der Waals surface area (Å²) in [6, 6.07) is 8.36. The molecule has 112 valence electrons. The molecule has 1 aromatic rings. The summed E-state index contributed by atoms with van der Waals surface area (Å²) in [5.41, 5.74) is 7.01. The molecule has 20 heavy (non-hydrogen) atoms. The van der Waals surface area contributed by atoms with Gasteiger partial charge < -0.3 is 15.6 Å². The first-order valence-corrected chi connectivity index (χ1v) is 7.90. The summed E-state index contributed by atoms with van der Waals surface area (Å²) in [6.07, 6.45) is 9.66. The predicted molar refractivity (Wildman–Crippen MR) is 81.9 cm³/mol. The molecule has 2 rings (SSSR count). The highest BCUT2D eigenvalue weighted by molar-refractivity contribution is 5.27. The molecule has 1 atom stereocenters. The van der Waals surface area contributed by atoms with E-state index in [4.69, 9.17) is 15.6 Å². The van der Waals surface area contributed by atoms with Crippen LogP contribution in [0.15, 0.2) is 24.3 Å². The Labute approximate surface area is 122 Å². The van der Waals surface area contributed by atoms with E-state index in [2.05, 4.69) is 24.3 Å². The molecule has 0 heterocycles. The molecule has 1 aromatic carbocycles. The average molecular weight is 277 g/mol. The standard InChI is InChI=1S/C17H27NO2/c18-15(13-19)6-4-5-14-9-11-17(12-10-14)20-16-7-2-1-3-8-16/h9-12,15-16,19H,1-8,13,18H2. The van der Waals surface area contributed by atoms with E-state index in [0.717, 1.165) is 25.0 Å². The predicted octanol–water partition coefficient (Wildman–Crippen LogP) is 3.04. The van der Waals surface area contributed by atoms with Crippen molar-refractivity contribution in [1.29, 1.82) is 0 Å². The molecule has 1 fully saturated rings. The van der Waals surface area contributed by atoms with Crippen LogP contribution >= 0.6 is 0 Å². The van der Waals surface area contributed by atoms with Crippen LogP contribution in [0.1, 0.15) is 50.5 Å². The van der Waals surface area contributed by atoms with Gasteiger partial charge in [-0.3, -0.25) is 0 Å². The van der Waals surface area contributed by atoms with Gasteiger partial charge in [0.2, 0.25) is 0 Å². The van der Waals surface area contributed by atoms with Gasteiger partial charge in [-0.2, -0.15) is 0 Å². The van der Waals surface area contributed by atoms with Gasteiger partial charge >= 0.3 is 0 Å². The molecule has 0 amide bonds. The first kappa shape index (κ1) is 15.3. The fourth-order valence-corrected chi connectivity index (χ4v) is 2.77. The molecule has 3 nitrogen and oxygen atoms in total. The number of hydrogen-bond donors (Lipinski definition) is 2. The highest BCUT2D eigenvalue weighted by Crippen LogP contribution is 2.23. The maximum atomic E-state index is 8.88. The summed E-state index contributed by atoms with van der Waals surface area (Å²) in [7, 11) is 0. The van der Waals surface area contributed by atoms with Gasteiger partial charge in [-0.25, -0.2) is 0 Å². The van der Waals surface area contributed by atoms with Gasteiger partial charge in [-0.1, -0.05) is 18.6 Å². The van der Waals surface area contributed by atoms with Crippen LogP contribution in [0.5, 0.6) is 5.75 Å². The molecule has 0 aromatic heterocycles. The number of aryl methyl sites for hydroxylation is 1. The third-order valence-corrected chi connectivity index (χ3v) is 4.05. The first-order valence-electron chi connectivity index (χ1n) is 7.90. The monoisotopic (exact) mass is 277 g/mol. The van der Waals surface area contributed by atoms with Gasteiger partial charge in [-0.15, -0.1) is 0 Å². The zero-order valence-corrected chi connectivity index (χ0v) is 12.3. The SMILES string of the molecule is NC(CO)CCCc1ccc(OC2CCCCC2)cc1. The lowest BCUT2D eigenvalue weighted by Crippen LogP contribution is -2.24. The zero-order valence-electron chi connectivity index (χ0n) is 12.3. The van der Waals surface area contributed by atoms with Crippen LogP contribution in [0.3, 0.4) is 0 Å². The lowest BCUT2D eigenvalue weighted by molar-refractivity contribution is 0.155. The number of aliphatic hydroxyl groups is 1. The number of hydrogen-bond acceptors (Lipinski definition) is 3. The van der Waals surface area contributed by atoms with Gasteiger partial charge in [0.15, 0.2) is 0 Å². The number of aliphatic hydroxyl groups excluding tert-OH is 1. The second kappa shape index (κ2) is 8.28. The number of ether oxygens (including phenoxy) is 1. The molecule has 1 saturated carbocycles. The quantitative estimate of drug-likeness (QED) is 0.805. The van der Waals surface area contributed by atoms with Crippen molar-refractivity contribution < 1.29 is 9.84 Å². The Morgan fingerprint density at radius 1 is 1.15 bits per heavy atom. The number of benzene rings is 1. The lowest BCUT2D eigenvalue weighted by Gasteiger charge is -2.23. The maximum absolute atomic E-state index is 8.88. The van der Waals surface area contributed by atoms with Crippen molar-refractivity contribution in [2.24, 2.45) is 5.73 Å². The third-order valence-electron chi connectivity index (χ3n) is 4.05. The van der Waals surface area contributed by atoms with Crippen molar-refractivity contribution in [2.45, 2.75) is 63.5 Å². The second-order valence-corrected chi connectivity index (χ2v) is 5.86. The Morgan fingerprint density at radius 2 is 1.85 bits per heavy atom. The first-order chi connectivity index (χ1) is 9.78. The summed E-state index contributed by atoms with van der Waals surface area (Å²) < 4.78 is 6.02. The summed E-state index contributed by atoms with van der Waals surface area (Å²) in [6.45, 7) is 0.0775. The summed E-state index contributed by atoms with van der Waals surface area (Å²) in [5.74, 6) is 0.993. The molecule has 0 bridgehead atoms. The third kappa shape index (κ3) is 5.14. The van der Waals surface area contributed by atoms with Crippen molar-refractivity contribution in [1.82, 2.24) is 0 Å². The lowest BCUT2D eigenvalue weighted by atomic mass is 9.98. The van der Waals surface area contributed by atoms with Crippen LogP contribution in [0.25, 0.3) is 0 Å². The minimum Gasteiger partial charge on any atom is -0.490 e. The molecule has 1 aliphatic carbocycles. The maximum Gasteiger partial charge on any atom is 0.119 e. The Bertz CT molecular complexity index is 371. The molecule has 1 unspecified atom stereocenters. The zero-order chi connectivity index (χ0) is 14.2. The van der Waals surface area contributed by atoms with E-state index in [1.807, 2.05) is 0 Å². The molecule has 0 saturated heterocycles. The molecular weight excluding hydrogens is 250 g/mol. The van der Waals surface area contributed by atoms with Gasteiger partial charge in [0.1, 0.15) is 5.75 Å². The van der Waals surface area contributed by atoms with Crippen LogP contribution in [0.4, 0.5) is 0 Å². The van der Waals surface area contributed by atoms with E-state index in [1.54, 1.807) is 0 Å². The molecule has 1 aliphatic rings. The van der Waals surface area contributed by atoms with Crippen LogP contribution in [0, 0.1) is 0 Å². The summed E-state index contributed by atoms with van der Waals surface area (Å²) in [5, 5.41) is 8.88. The molecule has 3 N–H and O–H groups in total. The van der Waals surface area contributed by atoms with E-state index in [0.29, 0.717) is 6.10 Å². The average Bonchev–Trinajstić information content (AvgIpc) is 2.50. The van der Waals surface area contributed by atoms with Crippen LogP contribution in [-0.2, 0) is 6.42 Å². The van der Waals surface area contributed by atoms with E-state index in [9.17, 15) is 0 Å². The van der Waals surface area contributed by atoms with Crippen molar-refractivity contribution in [3.63, 3.8) is 0 Å². The Kier molecular flexibility index (Phi) is 6.34. The Hall–Kier alpha value is -1.06. The molecule has 3 heteroatoms. The van der Waals surface area contributed by atoms with Crippen molar-refractivity contribution >= 4 is 0 Å². The highest BCUT2D eigenvalue weighted by Gasteiger charge is 2.14. The van der Waals surface area contributed by atoms with Gasteiger partial charge in [0, 0.05) is 6.04 Å². The topological polar surface area (TPSA) is 55.5 Å². The van der Waals surface area contributed by atoms with E-state index >= 15 is 0 Å². The highest BCUT2D eigenvalue weighted by atomic mass is 16.5. The summed E-state index contributed by atoms with van der Waals surface area (Å²) in [4.78, 5) is 0. The molecule has 0 spiro atoms. The van der Waals surface area contributed by atoms with Crippen molar-refractivity contribution in [3.05, 3.63) is 29.8 Å².